The van der Waals surface area contributed by atoms with E-state index >= 15 is 0 Å². The first-order valence-corrected chi connectivity index (χ1v) is 13.1. The van der Waals surface area contributed by atoms with Gasteiger partial charge in [-0.05, 0) is 43.7 Å². The lowest BCUT2D eigenvalue weighted by Crippen LogP contribution is -2.23. The summed E-state index contributed by atoms with van der Waals surface area (Å²) in [7, 11) is 0. The number of carbonyl (C=O) groups excluding carboxylic acids is 2. The van der Waals surface area contributed by atoms with Crippen LogP contribution in [0.25, 0.3) is 10.2 Å². The molecule has 0 aliphatic carbocycles. The van der Waals surface area contributed by atoms with Crippen LogP contribution in [0.5, 0.6) is 11.5 Å². The van der Waals surface area contributed by atoms with Gasteiger partial charge in [-0.1, -0.05) is 18.2 Å². The number of fused-ring (bicyclic) bond motifs is 2. The Morgan fingerprint density at radius 3 is 2.72 bits per heavy atom. The van der Waals surface area contributed by atoms with E-state index in [4.69, 9.17) is 23.7 Å². The molecule has 0 amide bonds. The molecule has 0 radical (unpaired) electrons. The van der Waals surface area contributed by atoms with Crippen molar-refractivity contribution in [3.05, 3.63) is 86.3 Å². The number of aromatic nitrogens is 2. The van der Waals surface area contributed by atoms with Crippen molar-refractivity contribution >= 4 is 33.5 Å². The first-order valence-electron chi connectivity index (χ1n) is 12.3. The number of aryl methyl sites for hydroxylation is 1. The Bertz CT molecular complexity index is 1580. The minimum absolute atomic E-state index is 0.0602. The lowest BCUT2D eigenvalue weighted by atomic mass is 10.0. The van der Waals surface area contributed by atoms with Gasteiger partial charge in [-0.25, -0.2) is 14.6 Å². The Balaban J connectivity index is 1.37. The zero-order valence-corrected chi connectivity index (χ0v) is 22.2. The second-order valence-corrected chi connectivity index (χ2v) is 9.67. The molecule has 2 aromatic carbocycles. The summed E-state index contributed by atoms with van der Waals surface area (Å²) in [5, 5.41) is 0.342. The minimum Gasteiger partial charge on any atom is -0.490 e. The topological polar surface area (TPSA) is 115 Å². The average Bonchev–Trinajstić information content (AvgIpc) is 3.30. The van der Waals surface area contributed by atoms with Crippen LogP contribution in [0.2, 0.25) is 0 Å². The molecular weight excluding hydrogens is 524 g/mol. The van der Waals surface area contributed by atoms with Crippen molar-refractivity contribution in [1.82, 2.24) is 9.55 Å². The molecule has 4 aromatic rings. The molecule has 0 fully saturated rings. The van der Waals surface area contributed by atoms with Gasteiger partial charge in [0.1, 0.15) is 34.4 Å². The molecule has 202 valence electrons. The number of benzene rings is 2. The number of carbonyl (C=O) groups is 2. The van der Waals surface area contributed by atoms with Crippen LogP contribution in [-0.2, 0) is 27.4 Å². The lowest BCUT2D eigenvalue weighted by molar-refractivity contribution is -0.0171. The summed E-state index contributed by atoms with van der Waals surface area (Å²) in [5.74, 6) is 0.232. The van der Waals surface area contributed by atoms with Crippen LogP contribution >= 0.6 is 11.3 Å². The van der Waals surface area contributed by atoms with E-state index in [9.17, 15) is 14.4 Å². The number of hydrogen-bond donors (Lipinski definition) is 0. The number of ether oxygens (including phenoxy) is 5. The Morgan fingerprint density at radius 1 is 1.10 bits per heavy atom. The van der Waals surface area contributed by atoms with E-state index in [0.717, 1.165) is 11.3 Å². The zero-order valence-electron chi connectivity index (χ0n) is 21.4. The molecule has 39 heavy (non-hydrogen) atoms. The molecule has 2 aromatic heterocycles. The third-order valence-corrected chi connectivity index (χ3v) is 7.25. The van der Waals surface area contributed by atoms with Crippen molar-refractivity contribution in [1.29, 1.82) is 0 Å². The van der Waals surface area contributed by atoms with Crippen molar-refractivity contribution in [2.24, 2.45) is 0 Å². The fourth-order valence-electron chi connectivity index (χ4n) is 4.28. The molecule has 0 saturated carbocycles. The summed E-state index contributed by atoms with van der Waals surface area (Å²) in [6, 6.07) is 12.6. The van der Waals surface area contributed by atoms with Gasteiger partial charge >= 0.3 is 11.9 Å². The molecule has 10 nitrogen and oxygen atoms in total. The molecule has 11 heteroatoms. The highest BCUT2D eigenvalue weighted by molar-refractivity contribution is 7.20. The van der Waals surface area contributed by atoms with Crippen LogP contribution in [0, 0.1) is 6.92 Å². The van der Waals surface area contributed by atoms with E-state index in [2.05, 4.69) is 4.98 Å². The van der Waals surface area contributed by atoms with Crippen LogP contribution in [-0.4, -0.2) is 48.1 Å². The van der Waals surface area contributed by atoms with E-state index in [1.165, 1.54) is 10.9 Å². The van der Waals surface area contributed by atoms with Gasteiger partial charge in [0.2, 0.25) is 0 Å². The van der Waals surface area contributed by atoms with Gasteiger partial charge < -0.3 is 23.7 Å². The Hall–Kier alpha value is -4.22. The largest absolute Gasteiger partial charge is 0.490 e. The van der Waals surface area contributed by atoms with Crippen molar-refractivity contribution < 1.29 is 33.3 Å². The fourth-order valence-corrected chi connectivity index (χ4v) is 5.31. The maximum absolute atomic E-state index is 13.5. The Labute approximate surface area is 227 Å². The number of para-hydroxylation sites is 1. The van der Waals surface area contributed by atoms with Gasteiger partial charge in [-0.3, -0.25) is 9.36 Å². The highest BCUT2D eigenvalue weighted by Crippen LogP contribution is 2.31. The van der Waals surface area contributed by atoms with Crippen LogP contribution in [0.15, 0.2) is 53.6 Å². The van der Waals surface area contributed by atoms with Crippen molar-refractivity contribution in [2.45, 2.75) is 27.0 Å². The molecule has 0 bridgehead atoms. The Kier molecular flexibility index (Phi) is 7.89. The second kappa shape index (κ2) is 11.7. The number of esters is 2. The normalized spacial score (nSPS) is 12.5. The molecule has 0 saturated heterocycles. The van der Waals surface area contributed by atoms with Gasteiger partial charge in [0.15, 0.2) is 6.79 Å². The third kappa shape index (κ3) is 5.64. The summed E-state index contributed by atoms with van der Waals surface area (Å²) in [4.78, 5) is 43.9. The monoisotopic (exact) mass is 550 g/mol. The summed E-state index contributed by atoms with van der Waals surface area (Å²) >= 11 is 1.11. The SMILES string of the molecule is CCOC(=O)c1cc2c(c(Cn3cnc4sc(C(=O)OCCOc5ccccc5)c(C)c4c3=O)c1)OCOC2. The van der Waals surface area contributed by atoms with E-state index in [0.29, 0.717) is 48.8 Å². The fraction of sp³-hybridized carbons (Fsp3) is 0.286. The lowest BCUT2D eigenvalue weighted by Gasteiger charge is -2.22. The molecular formula is C28H26N2O8S. The third-order valence-electron chi connectivity index (χ3n) is 6.07. The minimum atomic E-state index is -0.539. The molecule has 0 atom stereocenters. The molecule has 3 heterocycles. The van der Waals surface area contributed by atoms with Crippen LogP contribution in [0.3, 0.4) is 0 Å². The van der Waals surface area contributed by atoms with E-state index < -0.39 is 11.9 Å². The van der Waals surface area contributed by atoms with Gasteiger partial charge in [0.05, 0.1) is 37.0 Å². The molecule has 0 N–H and O–H groups in total. The van der Waals surface area contributed by atoms with Crippen LogP contribution in [0.4, 0.5) is 0 Å². The number of rotatable bonds is 9. The number of thiophene rings is 1. The van der Waals surface area contributed by atoms with Gasteiger partial charge in [0, 0.05) is 11.1 Å². The summed E-state index contributed by atoms with van der Waals surface area (Å²) in [6.45, 7) is 4.37. The predicted octanol–water partition coefficient (Wildman–Crippen LogP) is 4.09. The quantitative estimate of drug-likeness (QED) is 0.224. The molecule has 1 aliphatic rings. The maximum Gasteiger partial charge on any atom is 0.348 e. The number of hydrogen-bond acceptors (Lipinski definition) is 10. The zero-order chi connectivity index (χ0) is 27.4. The van der Waals surface area contributed by atoms with Crippen molar-refractivity contribution in [3.63, 3.8) is 0 Å². The van der Waals surface area contributed by atoms with E-state index in [1.807, 2.05) is 30.3 Å². The summed E-state index contributed by atoms with van der Waals surface area (Å²) in [5.41, 5.74) is 1.84. The number of nitrogens with zero attached hydrogens (tertiary/aromatic N) is 2. The summed E-state index contributed by atoms with van der Waals surface area (Å²) in [6.07, 6.45) is 1.42. The highest BCUT2D eigenvalue weighted by Gasteiger charge is 2.23. The van der Waals surface area contributed by atoms with E-state index in [1.54, 1.807) is 26.0 Å². The molecule has 0 unspecified atom stereocenters. The molecule has 1 aliphatic heterocycles. The second-order valence-electron chi connectivity index (χ2n) is 8.67. The molecule has 5 rings (SSSR count). The predicted molar refractivity (Wildman–Crippen MR) is 143 cm³/mol. The van der Waals surface area contributed by atoms with Crippen molar-refractivity contribution in [2.75, 3.05) is 26.6 Å². The standard InChI is InChI=1S/C28H26N2O8S/c1-3-35-27(32)18-11-19(23-20(12-18)14-34-16-38-23)13-30-15-29-25-22(26(30)31)17(2)24(39-25)28(33)37-10-9-36-21-7-5-4-6-8-21/h4-8,11-12,15H,3,9-10,13-14,16H2,1-2H3. The molecule has 0 spiro atoms. The van der Waals surface area contributed by atoms with Gasteiger partial charge in [0.25, 0.3) is 5.56 Å². The Morgan fingerprint density at radius 2 is 1.92 bits per heavy atom. The average molecular weight is 551 g/mol. The van der Waals surface area contributed by atoms with Crippen LogP contribution in [0.1, 0.15) is 43.6 Å². The summed E-state index contributed by atoms with van der Waals surface area (Å²) < 4.78 is 28.6. The highest BCUT2D eigenvalue weighted by atomic mass is 32.1. The van der Waals surface area contributed by atoms with Gasteiger partial charge in [-0.15, -0.1) is 11.3 Å². The van der Waals surface area contributed by atoms with E-state index in [-0.39, 0.29) is 45.3 Å². The first-order chi connectivity index (χ1) is 19.0. The van der Waals surface area contributed by atoms with Crippen molar-refractivity contribution in [3.8, 4) is 11.5 Å². The first kappa shape index (κ1) is 26.4. The smallest absolute Gasteiger partial charge is 0.348 e. The van der Waals surface area contributed by atoms with Crippen LogP contribution < -0.4 is 15.0 Å². The van der Waals surface area contributed by atoms with Gasteiger partial charge in [-0.2, -0.15) is 0 Å². The maximum atomic E-state index is 13.5.